The average molecular weight is 328 g/mol. The third-order valence-electron chi connectivity index (χ3n) is 3.48. The average Bonchev–Trinajstić information content (AvgIpc) is 2.76. The summed E-state index contributed by atoms with van der Waals surface area (Å²) in [5, 5.41) is 8.75. The number of halogens is 1. The number of unbranched alkanes of at least 4 members (excludes halogenated alkanes) is 2. The predicted molar refractivity (Wildman–Crippen MR) is 80.7 cm³/mol. The summed E-state index contributed by atoms with van der Waals surface area (Å²) >= 11 is 3.50. The Morgan fingerprint density at radius 3 is 3.00 bits per heavy atom. The van der Waals surface area contributed by atoms with Gasteiger partial charge in [0.05, 0.1) is 0 Å². The van der Waals surface area contributed by atoms with Crippen LogP contribution in [0.25, 0.3) is 0 Å². The van der Waals surface area contributed by atoms with Crippen LogP contribution in [0.4, 0.5) is 0 Å². The molecule has 106 valence electrons. The van der Waals surface area contributed by atoms with Crippen LogP contribution in [0.3, 0.4) is 0 Å². The van der Waals surface area contributed by atoms with E-state index in [2.05, 4.69) is 33.9 Å². The minimum absolute atomic E-state index is 0.271. The van der Waals surface area contributed by atoms with E-state index in [1.807, 2.05) is 12.1 Å². The molecule has 1 N–H and O–H groups in total. The van der Waals surface area contributed by atoms with Crippen molar-refractivity contribution in [3.8, 4) is 5.75 Å². The fourth-order valence-corrected chi connectivity index (χ4v) is 2.91. The third kappa shape index (κ3) is 4.48. The van der Waals surface area contributed by atoms with E-state index in [9.17, 15) is 0 Å². The molecule has 1 heterocycles. The molecule has 4 heteroatoms. The van der Waals surface area contributed by atoms with Gasteiger partial charge in [0.25, 0.3) is 0 Å². The van der Waals surface area contributed by atoms with Crippen molar-refractivity contribution in [3.63, 3.8) is 0 Å². The summed E-state index contributed by atoms with van der Waals surface area (Å²) in [6.45, 7) is 2.34. The van der Waals surface area contributed by atoms with Gasteiger partial charge in [-0.2, -0.15) is 0 Å². The molecule has 0 aliphatic carbocycles. The van der Waals surface area contributed by atoms with Gasteiger partial charge in [0.1, 0.15) is 11.9 Å². The van der Waals surface area contributed by atoms with Gasteiger partial charge in [-0.15, -0.1) is 0 Å². The van der Waals surface area contributed by atoms with Gasteiger partial charge in [-0.05, 0) is 56.6 Å². The van der Waals surface area contributed by atoms with Crippen molar-refractivity contribution < 1.29 is 9.84 Å². The summed E-state index contributed by atoms with van der Waals surface area (Å²) in [5.41, 5.74) is 1.30. The fraction of sp³-hybridized carbons (Fsp3) is 0.600. The lowest BCUT2D eigenvalue weighted by atomic mass is 10.1. The van der Waals surface area contributed by atoms with Gasteiger partial charge in [0.2, 0.25) is 0 Å². The number of rotatable bonds is 7. The molecule has 0 fully saturated rings. The Labute approximate surface area is 123 Å². The predicted octanol–water partition coefficient (Wildman–Crippen LogP) is 2.85. The molecule has 1 aliphatic rings. The molecule has 0 saturated heterocycles. The van der Waals surface area contributed by atoms with Gasteiger partial charge in [-0.25, -0.2) is 0 Å². The maximum atomic E-state index is 8.75. The van der Waals surface area contributed by atoms with E-state index < -0.39 is 0 Å². The van der Waals surface area contributed by atoms with Crippen molar-refractivity contribution in [2.45, 2.75) is 31.8 Å². The Hall–Kier alpha value is -0.580. The van der Waals surface area contributed by atoms with Gasteiger partial charge in [0.15, 0.2) is 0 Å². The van der Waals surface area contributed by atoms with Crippen LogP contribution in [-0.2, 0) is 6.42 Å². The van der Waals surface area contributed by atoms with Gasteiger partial charge in [0, 0.05) is 24.0 Å². The first-order valence-corrected chi connectivity index (χ1v) is 7.73. The van der Waals surface area contributed by atoms with E-state index in [-0.39, 0.29) is 6.10 Å². The van der Waals surface area contributed by atoms with Crippen LogP contribution in [0, 0.1) is 0 Å². The summed E-state index contributed by atoms with van der Waals surface area (Å²) in [6.07, 6.45) is 4.41. The van der Waals surface area contributed by atoms with Gasteiger partial charge in [-0.1, -0.05) is 15.9 Å². The van der Waals surface area contributed by atoms with E-state index >= 15 is 0 Å². The molecule has 0 amide bonds. The molecule has 0 bridgehead atoms. The second kappa shape index (κ2) is 7.27. The number of likely N-dealkylation sites (N-methyl/N-ethyl adjacent to an activating group) is 1. The number of fused-ring (bicyclic) bond motifs is 1. The van der Waals surface area contributed by atoms with Crippen molar-refractivity contribution in [3.05, 3.63) is 28.2 Å². The molecule has 1 aliphatic heterocycles. The first-order chi connectivity index (χ1) is 9.19. The van der Waals surface area contributed by atoms with Crippen LogP contribution in [0.2, 0.25) is 0 Å². The third-order valence-corrected chi connectivity index (χ3v) is 3.97. The number of aliphatic hydroxyl groups is 1. The lowest BCUT2D eigenvalue weighted by Gasteiger charge is -2.20. The molecular formula is C15H22BrNO2. The summed E-state index contributed by atoms with van der Waals surface area (Å²) in [6, 6.07) is 6.22. The molecule has 0 spiro atoms. The van der Waals surface area contributed by atoms with Crippen molar-refractivity contribution >= 4 is 15.9 Å². The number of hydrogen-bond donors (Lipinski definition) is 1. The zero-order valence-electron chi connectivity index (χ0n) is 11.4. The van der Waals surface area contributed by atoms with Crippen LogP contribution in [-0.4, -0.2) is 42.9 Å². The second-order valence-electron chi connectivity index (χ2n) is 5.24. The molecule has 1 aromatic carbocycles. The molecule has 1 unspecified atom stereocenters. The van der Waals surface area contributed by atoms with Gasteiger partial charge in [-0.3, -0.25) is 0 Å². The summed E-state index contributed by atoms with van der Waals surface area (Å²) < 4.78 is 7.08. The number of benzene rings is 1. The number of hydrogen-bond acceptors (Lipinski definition) is 3. The largest absolute Gasteiger partial charge is 0.488 e. The van der Waals surface area contributed by atoms with E-state index in [4.69, 9.17) is 9.84 Å². The highest BCUT2D eigenvalue weighted by atomic mass is 79.9. The standard InChI is InChI=1S/C15H22BrNO2/c1-17(7-3-2-4-8-18)11-14-10-12-9-13(16)5-6-15(12)19-14/h5-6,9,14,18H,2-4,7-8,10-11H2,1H3. The molecule has 0 radical (unpaired) electrons. The lowest BCUT2D eigenvalue weighted by molar-refractivity contribution is 0.166. The molecule has 1 atom stereocenters. The van der Waals surface area contributed by atoms with Crippen LogP contribution >= 0.6 is 15.9 Å². The number of aliphatic hydroxyl groups excluding tert-OH is 1. The zero-order valence-corrected chi connectivity index (χ0v) is 13.0. The SMILES string of the molecule is CN(CCCCCO)CC1Cc2cc(Br)ccc2O1. The van der Waals surface area contributed by atoms with Crippen LogP contribution in [0.5, 0.6) is 5.75 Å². The smallest absolute Gasteiger partial charge is 0.123 e. The van der Waals surface area contributed by atoms with Crippen molar-refractivity contribution in [2.24, 2.45) is 0 Å². The Morgan fingerprint density at radius 1 is 1.37 bits per heavy atom. The number of nitrogens with zero attached hydrogens (tertiary/aromatic N) is 1. The Morgan fingerprint density at radius 2 is 2.21 bits per heavy atom. The number of ether oxygens (including phenoxy) is 1. The van der Waals surface area contributed by atoms with E-state index in [0.29, 0.717) is 6.61 Å². The van der Waals surface area contributed by atoms with Crippen molar-refractivity contribution in [1.29, 1.82) is 0 Å². The zero-order chi connectivity index (χ0) is 13.7. The molecule has 0 saturated carbocycles. The molecular weight excluding hydrogens is 306 g/mol. The molecule has 19 heavy (non-hydrogen) atoms. The minimum atomic E-state index is 0.271. The quantitative estimate of drug-likeness (QED) is 0.782. The monoisotopic (exact) mass is 327 g/mol. The van der Waals surface area contributed by atoms with Crippen LogP contribution < -0.4 is 4.74 Å². The van der Waals surface area contributed by atoms with Gasteiger partial charge < -0.3 is 14.7 Å². The summed E-state index contributed by atoms with van der Waals surface area (Å²) in [4.78, 5) is 2.32. The topological polar surface area (TPSA) is 32.7 Å². The highest BCUT2D eigenvalue weighted by Gasteiger charge is 2.23. The Bertz CT molecular complexity index is 411. The van der Waals surface area contributed by atoms with Crippen LogP contribution in [0.1, 0.15) is 24.8 Å². The first kappa shape index (κ1) is 14.8. The van der Waals surface area contributed by atoms with Crippen LogP contribution in [0.15, 0.2) is 22.7 Å². The van der Waals surface area contributed by atoms with E-state index in [1.165, 1.54) is 5.56 Å². The van der Waals surface area contributed by atoms with Crippen molar-refractivity contribution in [1.82, 2.24) is 4.90 Å². The maximum Gasteiger partial charge on any atom is 0.123 e. The molecule has 0 aromatic heterocycles. The first-order valence-electron chi connectivity index (χ1n) is 6.93. The highest BCUT2D eigenvalue weighted by Crippen LogP contribution is 2.31. The molecule has 2 rings (SSSR count). The van der Waals surface area contributed by atoms with E-state index in [1.54, 1.807) is 0 Å². The molecule has 3 nitrogen and oxygen atoms in total. The Balaban J connectivity index is 1.74. The van der Waals surface area contributed by atoms with E-state index in [0.717, 1.165) is 49.0 Å². The van der Waals surface area contributed by atoms with Gasteiger partial charge >= 0.3 is 0 Å². The maximum absolute atomic E-state index is 8.75. The fourth-order valence-electron chi connectivity index (χ4n) is 2.50. The van der Waals surface area contributed by atoms with Crippen molar-refractivity contribution in [2.75, 3.05) is 26.7 Å². The lowest BCUT2D eigenvalue weighted by Crippen LogP contribution is -2.32. The second-order valence-corrected chi connectivity index (χ2v) is 6.16. The summed E-state index contributed by atoms with van der Waals surface area (Å²) in [7, 11) is 2.14. The summed E-state index contributed by atoms with van der Waals surface area (Å²) in [5.74, 6) is 1.03. The Kier molecular flexibility index (Phi) is 5.67. The molecule has 1 aromatic rings. The highest BCUT2D eigenvalue weighted by molar-refractivity contribution is 9.10. The minimum Gasteiger partial charge on any atom is -0.488 e. The normalized spacial score (nSPS) is 17.6.